The van der Waals surface area contributed by atoms with Crippen molar-refractivity contribution in [1.29, 1.82) is 0 Å². The highest BCUT2D eigenvalue weighted by molar-refractivity contribution is 9.10. The van der Waals surface area contributed by atoms with Gasteiger partial charge < -0.3 is 10.1 Å². The average Bonchev–Trinajstić information content (AvgIpc) is 2.49. The summed E-state index contributed by atoms with van der Waals surface area (Å²) >= 11 is 3.57. The number of benzene rings is 2. The lowest BCUT2D eigenvalue weighted by molar-refractivity contribution is 0.413. The molecule has 0 aliphatic rings. The molecule has 0 aromatic heterocycles. The number of rotatable bonds is 5. The molecule has 2 aromatic carbocycles. The molecule has 1 N–H and O–H groups in total. The van der Waals surface area contributed by atoms with Gasteiger partial charge in [-0.2, -0.15) is 0 Å². The first-order valence-electron chi connectivity index (χ1n) is 6.89. The minimum absolute atomic E-state index is 0.0884. The Bertz CT molecular complexity index is 630. The first kappa shape index (κ1) is 16.0. The topological polar surface area (TPSA) is 21.3 Å². The second kappa shape index (κ2) is 7.05. The van der Waals surface area contributed by atoms with Gasteiger partial charge in [0.2, 0.25) is 0 Å². The molecule has 112 valence electrons. The largest absolute Gasteiger partial charge is 0.497 e. The Balaban J connectivity index is 2.49. The third-order valence-corrected chi connectivity index (χ3v) is 4.17. The molecular weight excluding hydrogens is 333 g/mol. The number of hydrogen-bond acceptors (Lipinski definition) is 2. The normalized spacial score (nSPS) is 12.2. The van der Waals surface area contributed by atoms with Crippen molar-refractivity contribution in [3.05, 3.63) is 63.4 Å². The fraction of sp³-hybridized carbons (Fsp3) is 0.294. The monoisotopic (exact) mass is 351 g/mol. The molecule has 0 aliphatic heterocycles. The van der Waals surface area contributed by atoms with Crippen LogP contribution in [0.2, 0.25) is 0 Å². The van der Waals surface area contributed by atoms with Crippen LogP contribution in [-0.2, 0) is 0 Å². The van der Waals surface area contributed by atoms with Crippen LogP contribution < -0.4 is 10.1 Å². The van der Waals surface area contributed by atoms with Gasteiger partial charge in [-0.1, -0.05) is 35.0 Å². The lowest BCUT2D eigenvalue weighted by atomic mass is 9.97. The van der Waals surface area contributed by atoms with Crippen LogP contribution >= 0.6 is 15.9 Å². The van der Waals surface area contributed by atoms with Gasteiger partial charge in [-0.25, -0.2) is 4.39 Å². The zero-order chi connectivity index (χ0) is 15.4. The van der Waals surface area contributed by atoms with Crippen LogP contribution in [-0.4, -0.2) is 13.7 Å². The Hall–Kier alpha value is -1.39. The Morgan fingerprint density at radius 2 is 2.00 bits per heavy atom. The van der Waals surface area contributed by atoms with Gasteiger partial charge in [-0.05, 0) is 54.4 Å². The number of hydrogen-bond donors (Lipinski definition) is 1. The molecule has 0 aliphatic carbocycles. The number of ether oxygens (including phenoxy) is 1. The minimum Gasteiger partial charge on any atom is -0.497 e. The maximum absolute atomic E-state index is 13.9. The van der Waals surface area contributed by atoms with Crippen LogP contribution in [0, 0.1) is 12.7 Å². The molecule has 2 aromatic rings. The second-order valence-electron chi connectivity index (χ2n) is 4.89. The van der Waals surface area contributed by atoms with Crippen molar-refractivity contribution in [2.45, 2.75) is 19.9 Å². The van der Waals surface area contributed by atoms with Gasteiger partial charge in [0.15, 0.2) is 0 Å². The van der Waals surface area contributed by atoms with Crippen molar-refractivity contribution in [2.75, 3.05) is 13.7 Å². The summed E-state index contributed by atoms with van der Waals surface area (Å²) in [5.41, 5.74) is 2.58. The van der Waals surface area contributed by atoms with Gasteiger partial charge >= 0.3 is 0 Å². The lowest BCUT2D eigenvalue weighted by Gasteiger charge is -2.21. The quantitative estimate of drug-likeness (QED) is 0.849. The molecule has 0 saturated carbocycles. The molecule has 21 heavy (non-hydrogen) atoms. The standard InChI is InChI=1S/C17H19BrFNO/c1-4-20-17(12-6-5-11(2)16(19)9-12)14-10-13(21-3)7-8-15(14)18/h5-10,17,20H,4H2,1-3H3. The Kier molecular flexibility index (Phi) is 5.37. The zero-order valence-corrected chi connectivity index (χ0v) is 14.0. The van der Waals surface area contributed by atoms with Gasteiger partial charge in [0, 0.05) is 4.47 Å². The lowest BCUT2D eigenvalue weighted by Crippen LogP contribution is -2.22. The van der Waals surface area contributed by atoms with E-state index in [4.69, 9.17) is 4.74 Å². The first-order valence-corrected chi connectivity index (χ1v) is 7.69. The fourth-order valence-corrected chi connectivity index (χ4v) is 2.75. The van der Waals surface area contributed by atoms with Crippen molar-refractivity contribution < 1.29 is 9.13 Å². The van der Waals surface area contributed by atoms with E-state index in [0.29, 0.717) is 5.56 Å². The average molecular weight is 352 g/mol. The zero-order valence-electron chi connectivity index (χ0n) is 12.4. The summed E-state index contributed by atoms with van der Waals surface area (Å²) in [6.45, 7) is 4.58. The van der Waals surface area contributed by atoms with Crippen LogP contribution in [0.15, 0.2) is 40.9 Å². The molecule has 2 nitrogen and oxygen atoms in total. The third kappa shape index (κ3) is 3.63. The highest BCUT2D eigenvalue weighted by Crippen LogP contribution is 2.32. The van der Waals surface area contributed by atoms with Crippen molar-refractivity contribution in [1.82, 2.24) is 5.32 Å². The first-order chi connectivity index (χ1) is 10.1. The molecule has 0 heterocycles. The Labute approximate surface area is 133 Å². The van der Waals surface area contributed by atoms with E-state index in [-0.39, 0.29) is 11.9 Å². The molecule has 0 saturated heterocycles. The maximum atomic E-state index is 13.9. The van der Waals surface area contributed by atoms with Crippen molar-refractivity contribution in [3.63, 3.8) is 0 Å². The molecule has 1 unspecified atom stereocenters. The van der Waals surface area contributed by atoms with Gasteiger partial charge in [0.25, 0.3) is 0 Å². The molecule has 4 heteroatoms. The summed E-state index contributed by atoms with van der Waals surface area (Å²) in [4.78, 5) is 0. The van der Waals surface area contributed by atoms with E-state index in [0.717, 1.165) is 27.9 Å². The molecule has 0 bridgehead atoms. The SMILES string of the molecule is CCNC(c1ccc(C)c(F)c1)c1cc(OC)ccc1Br. The van der Waals surface area contributed by atoms with E-state index in [2.05, 4.69) is 21.2 Å². The van der Waals surface area contributed by atoms with Crippen LogP contribution in [0.3, 0.4) is 0 Å². The van der Waals surface area contributed by atoms with Gasteiger partial charge in [0.05, 0.1) is 13.2 Å². The van der Waals surface area contributed by atoms with Crippen molar-refractivity contribution in [3.8, 4) is 5.75 Å². The van der Waals surface area contributed by atoms with Gasteiger partial charge in [-0.3, -0.25) is 0 Å². The summed E-state index contributed by atoms with van der Waals surface area (Å²) in [6.07, 6.45) is 0. The highest BCUT2D eigenvalue weighted by Gasteiger charge is 2.17. The van der Waals surface area contributed by atoms with Crippen LogP contribution in [0.1, 0.15) is 29.7 Å². The summed E-state index contributed by atoms with van der Waals surface area (Å²) in [7, 11) is 1.64. The Morgan fingerprint density at radius 3 is 2.62 bits per heavy atom. The summed E-state index contributed by atoms with van der Waals surface area (Å²) in [6, 6.07) is 11.1. The Morgan fingerprint density at radius 1 is 1.24 bits per heavy atom. The second-order valence-corrected chi connectivity index (χ2v) is 5.74. The van der Waals surface area contributed by atoms with Crippen LogP contribution in [0.5, 0.6) is 5.75 Å². The van der Waals surface area contributed by atoms with E-state index in [1.54, 1.807) is 20.1 Å². The minimum atomic E-state index is -0.186. The van der Waals surface area contributed by atoms with Crippen LogP contribution in [0.4, 0.5) is 4.39 Å². The van der Waals surface area contributed by atoms with Gasteiger partial charge in [0.1, 0.15) is 11.6 Å². The fourth-order valence-electron chi connectivity index (χ4n) is 2.27. The van der Waals surface area contributed by atoms with Gasteiger partial charge in [-0.15, -0.1) is 0 Å². The summed E-state index contributed by atoms with van der Waals surface area (Å²) < 4.78 is 20.1. The van der Waals surface area contributed by atoms with E-state index in [1.165, 1.54) is 0 Å². The predicted octanol–water partition coefficient (Wildman–Crippen LogP) is 4.60. The summed E-state index contributed by atoms with van der Waals surface area (Å²) in [5, 5.41) is 3.40. The molecule has 0 amide bonds. The number of nitrogens with one attached hydrogen (secondary N) is 1. The number of methoxy groups -OCH3 is 1. The van der Waals surface area contributed by atoms with E-state index in [9.17, 15) is 4.39 Å². The van der Waals surface area contributed by atoms with E-state index in [1.807, 2.05) is 37.3 Å². The molecule has 0 spiro atoms. The molecule has 1 atom stereocenters. The molecule has 0 fully saturated rings. The maximum Gasteiger partial charge on any atom is 0.126 e. The van der Waals surface area contributed by atoms with Crippen molar-refractivity contribution >= 4 is 15.9 Å². The molecular formula is C17H19BrFNO. The van der Waals surface area contributed by atoms with Crippen molar-refractivity contribution in [2.24, 2.45) is 0 Å². The smallest absolute Gasteiger partial charge is 0.126 e. The molecule has 0 radical (unpaired) electrons. The number of aryl methyl sites for hydroxylation is 1. The third-order valence-electron chi connectivity index (χ3n) is 3.45. The molecule has 2 rings (SSSR count). The number of halogens is 2. The van der Waals surface area contributed by atoms with Crippen LogP contribution in [0.25, 0.3) is 0 Å². The predicted molar refractivity (Wildman–Crippen MR) is 87.4 cm³/mol. The highest BCUT2D eigenvalue weighted by atomic mass is 79.9. The summed E-state index contributed by atoms with van der Waals surface area (Å²) in [5.74, 6) is 0.595. The van der Waals surface area contributed by atoms with E-state index >= 15 is 0 Å². The van der Waals surface area contributed by atoms with E-state index < -0.39 is 0 Å².